The van der Waals surface area contributed by atoms with Gasteiger partial charge in [-0.3, -0.25) is 9.59 Å². The lowest BCUT2D eigenvalue weighted by atomic mass is 10.1. The molecule has 0 unspecified atom stereocenters. The summed E-state index contributed by atoms with van der Waals surface area (Å²) in [5, 5.41) is 1.75. The summed E-state index contributed by atoms with van der Waals surface area (Å²) in [4.78, 5) is 32.3. The van der Waals surface area contributed by atoms with Gasteiger partial charge in [-0.25, -0.2) is 4.98 Å². The fourth-order valence-corrected chi connectivity index (χ4v) is 3.03. The Morgan fingerprint density at radius 2 is 1.65 bits per heavy atom. The van der Waals surface area contributed by atoms with Crippen LogP contribution in [0.5, 0.6) is 5.75 Å². The summed E-state index contributed by atoms with van der Waals surface area (Å²) in [6.07, 6.45) is 0. The number of thiazole rings is 1. The fourth-order valence-electron chi connectivity index (χ4n) is 2.51. The maximum absolute atomic E-state index is 12.5. The number of rotatable bonds is 3. The zero-order valence-corrected chi connectivity index (χ0v) is 13.6. The third-order valence-electron chi connectivity index (χ3n) is 3.84. The molecule has 6 nitrogen and oxygen atoms in total. The molecule has 0 atom stereocenters. The van der Waals surface area contributed by atoms with E-state index in [9.17, 15) is 9.59 Å². The lowest BCUT2D eigenvalue weighted by molar-refractivity contribution is 0.0532. The van der Waals surface area contributed by atoms with E-state index in [-0.39, 0.29) is 11.8 Å². The van der Waals surface area contributed by atoms with Gasteiger partial charge in [-0.15, -0.1) is 11.3 Å². The summed E-state index contributed by atoms with van der Waals surface area (Å²) in [6.45, 7) is 2.11. The molecule has 0 spiro atoms. The first-order valence-corrected chi connectivity index (χ1v) is 8.24. The quantitative estimate of drug-likeness (QED) is 0.860. The zero-order chi connectivity index (χ0) is 16.2. The normalized spacial score (nSPS) is 14.7. The van der Waals surface area contributed by atoms with Gasteiger partial charge in [-0.05, 0) is 24.3 Å². The van der Waals surface area contributed by atoms with Gasteiger partial charge >= 0.3 is 0 Å². The highest BCUT2D eigenvalue weighted by Gasteiger charge is 2.26. The summed E-state index contributed by atoms with van der Waals surface area (Å²) in [7, 11) is 1.59. The maximum atomic E-state index is 12.5. The molecule has 0 aliphatic carbocycles. The number of benzene rings is 1. The second-order valence-electron chi connectivity index (χ2n) is 5.19. The van der Waals surface area contributed by atoms with Crippen LogP contribution in [0.3, 0.4) is 0 Å². The van der Waals surface area contributed by atoms with Crippen molar-refractivity contribution in [3.63, 3.8) is 0 Å². The molecular weight excluding hydrogens is 314 g/mol. The van der Waals surface area contributed by atoms with E-state index in [1.165, 1.54) is 11.3 Å². The molecule has 2 amide bonds. The highest BCUT2D eigenvalue weighted by atomic mass is 32.1. The van der Waals surface area contributed by atoms with Gasteiger partial charge in [-0.2, -0.15) is 0 Å². The van der Waals surface area contributed by atoms with Gasteiger partial charge in [-0.1, -0.05) is 0 Å². The highest BCUT2D eigenvalue weighted by molar-refractivity contribution is 7.07. The average molecular weight is 331 g/mol. The summed E-state index contributed by atoms with van der Waals surface area (Å²) in [5.74, 6) is 0.636. The van der Waals surface area contributed by atoms with Crippen LogP contribution in [0.25, 0.3) is 0 Å². The Hall–Kier alpha value is -2.41. The number of aromatic nitrogens is 1. The van der Waals surface area contributed by atoms with E-state index in [2.05, 4.69) is 4.98 Å². The van der Waals surface area contributed by atoms with E-state index in [1.807, 2.05) is 0 Å². The number of carbonyl (C=O) groups is 2. The fraction of sp³-hybridized carbons (Fsp3) is 0.312. The van der Waals surface area contributed by atoms with E-state index in [0.29, 0.717) is 37.4 Å². The molecule has 0 saturated carbocycles. The number of hydrogen-bond donors (Lipinski definition) is 0. The lowest BCUT2D eigenvalue weighted by Gasteiger charge is -2.34. The van der Waals surface area contributed by atoms with Gasteiger partial charge in [0.1, 0.15) is 11.4 Å². The topological polar surface area (TPSA) is 62.7 Å². The first kappa shape index (κ1) is 15.5. The molecule has 2 aromatic rings. The number of nitrogens with zero attached hydrogens (tertiary/aromatic N) is 3. The monoisotopic (exact) mass is 331 g/mol. The molecule has 7 heteroatoms. The molecule has 3 rings (SSSR count). The minimum atomic E-state index is -0.0669. The molecule has 2 heterocycles. The number of methoxy groups -OCH3 is 1. The van der Waals surface area contributed by atoms with Crippen molar-refractivity contribution in [2.24, 2.45) is 0 Å². The third-order valence-corrected chi connectivity index (χ3v) is 4.43. The van der Waals surface area contributed by atoms with Crippen molar-refractivity contribution in [2.45, 2.75) is 0 Å². The van der Waals surface area contributed by atoms with Crippen LogP contribution in [-0.4, -0.2) is 59.9 Å². The molecule has 0 bridgehead atoms. The Morgan fingerprint density at radius 3 is 2.17 bits per heavy atom. The largest absolute Gasteiger partial charge is 0.497 e. The van der Waals surface area contributed by atoms with E-state index in [1.54, 1.807) is 52.1 Å². The van der Waals surface area contributed by atoms with E-state index in [4.69, 9.17) is 4.74 Å². The van der Waals surface area contributed by atoms with Crippen LogP contribution in [0, 0.1) is 0 Å². The molecule has 1 aliphatic rings. The van der Waals surface area contributed by atoms with Crippen molar-refractivity contribution in [3.05, 3.63) is 46.4 Å². The van der Waals surface area contributed by atoms with Gasteiger partial charge in [0.05, 0.1) is 12.6 Å². The Morgan fingerprint density at radius 1 is 1.04 bits per heavy atom. The number of hydrogen-bond acceptors (Lipinski definition) is 5. The average Bonchev–Trinajstić information content (AvgIpc) is 3.15. The van der Waals surface area contributed by atoms with Crippen LogP contribution in [0.2, 0.25) is 0 Å². The summed E-state index contributed by atoms with van der Waals surface area (Å²) in [5.41, 5.74) is 2.76. The van der Waals surface area contributed by atoms with Crippen molar-refractivity contribution in [2.75, 3.05) is 33.3 Å². The molecule has 0 N–H and O–H groups in total. The smallest absolute Gasteiger partial charge is 0.273 e. The molecule has 1 aliphatic heterocycles. The Bertz CT molecular complexity index is 677. The van der Waals surface area contributed by atoms with Crippen LogP contribution < -0.4 is 4.74 Å². The molecule has 1 saturated heterocycles. The second-order valence-corrected chi connectivity index (χ2v) is 5.91. The number of ether oxygens (including phenoxy) is 1. The van der Waals surface area contributed by atoms with Gasteiger partial charge in [0.2, 0.25) is 0 Å². The first-order chi connectivity index (χ1) is 11.2. The standard InChI is InChI=1S/C16H17N3O3S/c1-22-13-4-2-12(3-5-13)15(20)18-6-8-19(9-7-18)16(21)14-10-23-11-17-14/h2-5,10-11H,6-9H2,1H3. The third kappa shape index (κ3) is 3.34. The number of piperazine rings is 1. The predicted octanol–water partition coefficient (Wildman–Crippen LogP) is 1.75. The lowest BCUT2D eigenvalue weighted by Crippen LogP contribution is -2.50. The molecule has 1 aromatic carbocycles. The van der Waals surface area contributed by atoms with Crippen molar-refractivity contribution in [1.29, 1.82) is 0 Å². The van der Waals surface area contributed by atoms with E-state index >= 15 is 0 Å². The molecule has 120 valence electrons. The van der Waals surface area contributed by atoms with Gasteiger partial charge < -0.3 is 14.5 Å². The zero-order valence-electron chi connectivity index (χ0n) is 12.8. The first-order valence-electron chi connectivity index (χ1n) is 7.30. The van der Waals surface area contributed by atoms with Crippen molar-refractivity contribution in [3.8, 4) is 5.75 Å². The summed E-state index contributed by atoms with van der Waals surface area (Å²) >= 11 is 1.40. The number of carbonyl (C=O) groups excluding carboxylic acids is 2. The maximum Gasteiger partial charge on any atom is 0.273 e. The molecule has 1 fully saturated rings. The second kappa shape index (κ2) is 6.78. The number of amides is 2. The van der Waals surface area contributed by atoms with Crippen molar-refractivity contribution in [1.82, 2.24) is 14.8 Å². The van der Waals surface area contributed by atoms with Crippen LogP contribution in [0.4, 0.5) is 0 Å². The van der Waals surface area contributed by atoms with Gasteiger partial charge in [0.25, 0.3) is 11.8 Å². The highest BCUT2D eigenvalue weighted by Crippen LogP contribution is 2.15. The summed E-state index contributed by atoms with van der Waals surface area (Å²) in [6, 6.07) is 7.06. The van der Waals surface area contributed by atoms with Gasteiger partial charge in [0, 0.05) is 37.1 Å². The molecule has 1 aromatic heterocycles. The molecular formula is C16H17N3O3S. The Labute approximate surface area is 138 Å². The SMILES string of the molecule is COc1ccc(C(=O)N2CCN(C(=O)c3cscn3)CC2)cc1. The van der Waals surface area contributed by atoms with Crippen LogP contribution in [0.15, 0.2) is 35.2 Å². The van der Waals surface area contributed by atoms with Gasteiger partial charge in [0.15, 0.2) is 0 Å². The van der Waals surface area contributed by atoms with Crippen LogP contribution in [-0.2, 0) is 0 Å². The van der Waals surface area contributed by atoms with Crippen LogP contribution >= 0.6 is 11.3 Å². The summed E-state index contributed by atoms with van der Waals surface area (Å²) < 4.78 is 5.10. The van der Waals surface area contributed by atoms with Crippen molar-refractivity contribution >= 4 is 23.2 Å². The minimum absolute atomic E-state index is 0.0200. The Kier molecular flexibility index (Phi) is 4.57. The minimum Gasteiger partial charge on any atom is -0.497 e. The van der Waals surface area contributed by atoms with Crippen molar-refractivity contribution < 1.29 is 14.3 Å². The predicted molar refractivity (Wildman–Crippen MR) is 86.9 cm³/mol. The Balaban J connectivity index is 1.59. The molecule has 23 heavy (non-hydrogen) atoms. The van der Waals surface area contributed by atoms with E-state index < -0.39 is 0 Å². The molecule has 0 radical (unpaired) electrons. The van der Waals surface area contributed by atoms with Crippen LogP contribution in [0.1, 0.15) is 20.8 Å². The van der Waals surface area contributed by atoms with E-state index in [0.717, 1.165) is 5.75 Å².